The molecule has 0 aliphatic heterocycles. The second-order valence-electron chi connectivity index (χ2n) is 6.95. The third kappa shape index (κ3) is 6.01. The summed E-state index contributed by atoms with van der Waals surface area (Å²) >= 11 is 6.02. The lowest BCUT2D eigenvalue weighted by Gasteiger charge is -2.34. The van der Waals surface area contributed by atoms with Crippen molar-refractivity contribution >= 4 is 29.1 Å². The molecular formula is C19H27ClN2O3. The van der Waals surface area contributed by atoms with Crippen LogP contribution in [0.25, 0.3) is 0 Å². The molecule has 1 saturated carbocycles. The molecule has 0 radical (unpaired) electrons. The van der Waals surface area contributed by atoms with Crippen LogP contribution in [-0.4, -0.2) is 31.1 Å². The quantitative estimate of drug-likeness (QED) is 0.809. The standard InChI is InChI=1S/C19H27ClN2O3/c1-12-5-4-6-17(14(12)3)22-19(24)11-25-10-18(23)21-15-8-7-13(2)16(20)9-15/h7-9,12,14,17H,4-6,10-11H2,1-3H3,(H,21,23)(H,22,24)/t12-,14-,17-/m0/s1. The third-order valence-electron chi connectivity index (χ3n) is 4.98. The number of carbonyl (C=O) groups is 2. The largest absolute Gasteiger partial charge is 0.362 e. The minimum absolute atomic E-state index is 0.111. The van der Waals surface area contributed by atoms with Gasteiger partial charge in [0.15, 0.2) is 0 Å². The maximum atomic E-state index is 12.0. The number of benzene rings is 1. The van der Waals surface area contributed by atoms with Crippen LogP contribution in [0.1, 0.15) is 38.7 Å². The van der Waals surface area contributed by atoms with Gasteiger partial charge >= 0.3 is 0 Å². The third-order valence-corrected chi connectivity index (χ3v) is 5.38. The minimum atomic E-state index is -0.313. The summed E-state index contributed by atoms with van der Waals surface area (Å²) in [7, 11) is 0. The predicted octanol–water partition coefficient (Wildman–Crippen LogP) is 3.54. The molecule has 0 saturated heterocycles. The first-order valence-corrected chi connectivity index (χ1v) is 9.17. The zero-order valence-electron chi connectivity index (χ0n) is 15.1. The fourth-order valence-corrected chi connectivity index (χ4v) is 3.32. The number of hydrogen-bond acceptors (Lipinski definition) is 3. The van der Waals surface area contributed by atoms with Crippen LogP contribution in [-0.2, 0) is 14.3 Å². The SMILES string of the molecule is Cc1ccc(NC(=O)COCC(=O)N[C@H]2CCC[C@H](C)[C@@H]2C)cc1Cl. The van der Waals surface area contributed by atoms with Crippen molar-refractivity contribution in [2.24, 2.45) is 11.8 Å². The van der Waals surface area contributed by atoms with Crippen LogP contribution in [0.2, 0.25) is 5.02 Å². The summed E-state index contributed by atoms with van der Waals surface area (Å²) in [4.78, 5) is 23.9. The van der Waals surface area contributed by atoms with Gasteiger partial charge in [-0.3, -0.25) is 9.59 Å². The van der Waals surface area contributed by atoms with Gasteiger partial charge in [0.25, 0.3) is 0 Å². The molecule has 25 heavy (non-hydrogen) atoms. The van der Waals surface area contributed by atoms with Crippen LogP contribution in [0.4, 0.5) is 5.69 Å². The molecule has 1 aromatic carbocycles. The fourth-order valence-electron chi connectivity index (χ4n) is 3.14. The highest BCUT2D eigenvalue weighted by molar-refractivity contribution is 6.31. The second kappa shape index (κ2) is 9.20. The normalized spacial score (nSPS) is 23.1. The Morgan fingerprint density at radius 3 is 2.64 bits per heavy atom. The van der Waals surface area contributed by atoms with E-state index in [1.807, 2.05) is 13.0 Å². The first-order valence-electron chi connectivity index (χ1n) is 8.80. The molecule has 5 nitrogen and oxygen atoms in total. The summed E-state index contributed by atoms with van der Waals surface area (Å²) in [5, 5.41) is 6.31. The molecule has 1 aromatic rings. The monoisotopic (exact) mass is 366 g/mol. The van der Waals surface area contributed by atoms with E-state index in [-0.39, 0.29) is 31.1 Å². The molecule has 6 heteroatoms. The van der Waals surface area contributed by atoms with Crippen molar-refractivity contribution in [2.45, 2.75) is 46.1 Å². The number of anilines is 1. The van der Waals surface area contributed by atoms with Gasteiger partial charge in [-0.1, -0.05) is 44.4 Å². The number of nitrogens with one attached hydrogen (secondary N) is 2. The van der Waals surface area contributed by atoms with E-state index in [0.29, 0.717) is 22.5 Å². The topological polar surface area (TPSA) is 67.4 Å². The Bertz CT molecular complexity index is 621. The molecule has 1 aliphatic carbocycles. The Morgan fingerprint density at radius 2 is 1.92 bits per heavy atom. The highest BCUT2D eigenvalue weighted by Crippen LogP contribution is 2.29. The van der Waals surface area contributed by atoms with Gasteiger partial charge in [0.05, 0.1) is 0 Å². The van der Waals surface area contributed by atoms with Gasteiger partial charge in [0, 0.05) is 16.8 Å². The van der Waals surface area contributed by atoms with Crippen molar-refractivity contribution < 1.29 is 14.3 Å². The molecule has 138 valence electrons. The van der Waals surface area contributed by atoms with Crippen molar-refractivity contribution in [2.75, 3.05) is 18.5 Å². The summed E-state index contributed by atoms with van der Waals surface area (Å²) in [6.07, 6.45) is 3.36. The predicted molar refractivity (Wildman–Crippen MR) is 99.7 cm³/mol. The number of carbonyl (C=O) groups excluding carboxylic acids is 2. The molecule has 0 heterocycles. The van der Waals surface area contributed by atoms with Gasteiger partial charge in [-0.15, -0.1) is 0 Å². The molecule has 0 aromatic heterocycles. The van der Waals surface area contributed by atoms with Gasteiger partial charge in [0.2, 0.25) is 11.8 Å². The van der Waals surface area contributed by atoms with Gasteiger partial charge < -0.3 is 15.4 Å². The fraction of sp³-hybridized carbons (Fsp3) is 0.579. The maximum Gasteiger partial charge on any atom is 0.250 e. The number of halogens is 1. The van der Waals surface area contributed by atoms with E-state index in [9.17, 15) is 9.59 Å². The highest BCUT2D eigenvalue weighted by Gasteiger charge is 2.28. The zero-order valence-corrected chi connectivity index (χ0v) is 15.9. The van der Waals surface area contributed by atoms with Crippen molar-refractivity contribution in [3.05, 3.63) is 28.8 Å². The zero-order chi connectivity index (χ0) is 18.4. The van der Waals surface area contributed by atoms with Crippen LogP contribution >= 0.6 is 11.6 Å². The molecule has 1 fully saturated rings. The van der Waals surface area contributed by atoms with Crippen LogP contribution in [0.3, 0.4) is 0 Å². The minimum Gasteiger partial charge on any atom is -0.362 e. The molecular weight excluding hydrogens is 340 g/mol. The lowest BCUT2D eigenvalue weighted by Crippen LogP contribution is -2.45. The van der Waals surface area contributed by atoms with Crippen LogP contribution in [0.5, 0.6) is 0 Å². The average Bonchev–Trinajstić information content (AvgIpc) is 2.55. The highest BCUT2D eigenvalue weighted by atomic mass is 35.5. The Hall–Kier alpha value is -1.59. The van der Waals surface area contributed by atoms with E-state index < -0.39 is 0 Å². The Kier molecular flexibility index (Phi) is 7.26. The van der Waals surface area contributed by atoms with Crippen molar-refractivity contribution in [3.8, 4) is 0 Å². The van der Waals surface area contributed by atoms with E-state index in [2.05, 4.69) is 24.5 Å². The summed E-state index contributed by atoms with van der Waals surface area (Å²) in [5.74, 6) is 0.601. The first-order chi connectivity index (χ1) is 11.9. The van der Waals surface area contributed by atoms with E-state index in [1.165, 1.54) is 6.42 Å². The molecule has 2 rings (SSSR count). The molecule has 3 atom stereocenters. The van der Waals surface area contributed by atoms with E-state index >= 15 is 0 Å². The maximum absolute atomic E-state index is 12.0. The van der Waals surface area contributed by atoms with E-state index in [1.54, 1.807) is 12.1 Å². The van der Waals surface area contributed by atoms with Gasteiger partial charge in [0.1, 0.15) is 13.2 Å². The van der Waals surface area contributed by atoms with E-state index in [4.69, 9.17) is 16.3 Å². The lowest BCUT2D eigenvalue weighted by atomic mass is 9.78. The molecule has 0 spiro atoms. The molecule has 1 aliphatic rings. The number of hydrogen-bond donors (Lipinski definition) is 2. The average molecular weight is 367 g/mol. The Morgan fingerprint density at radius 1 is 1.20 bits per heavy atom. The summed E-state index contributed by atoms with van der Waals surface area (Å²) in [6.45, 7) is 6.01. The number of rotatable bonds is 6. The van der Waals surface area contributed by atoms with Crippen molar-refractivity contribution in [1.82, 2.24) is 5.32 Å². The first kappa shape index (κ1) is 19.7. The van der Waals surface area contributed by atoms with Gasteiger partial charge in [-0.05, 0) is 42.9 Å². The van der Waals surface area contributed by atoms with E-state index in [0.717, 1.165) is 18.4 Å². The number of ether oxygens (including phenoxy) is 1. The van der Waals surface area contributed by atoms with Crippen LogP contribution < -0.4 is 10.6 Å². The van der Waals surface area contributed by atoms with Crippen molar-refractivity contribution in [1.29, 1.82) is 0 Å². The second-order valence-corrected chi connectivity index (χ2v) is 7.35. The molecule has 2 amide bonds. The molecule has 0 unspecified atom stereocenters. The smallest absolute Gasteiger partial charge is 0.250 e. The summed E-state index contributed by atoms with van der Waals surface area (Å²) in [6, 6.07) is 5.49. The summed E-state index contributed by atoms with van der Waals surface area (Å²) < 4.78 is 5.23. The van der Waals surface area contributed by atoms with Crippen LogP contribution in [0.15, 0.2) is 18.2 Å². The summed E-state index contributed by atoms with van der Waals surface area (Å²) in [5.41, 5.74) is 1.55. The number of aryl methyl sites for hydroxylation is 1. The van der Waals surface area contributed by atoms with Crippen molar-refractivity contribution in [3.63, 3.8) is 0 Å². The van der Waals surface area contributed by atoms with Gasteiger partial charge in [-0.25, -0.2) is 0 Å². The molecule has 2 N–H and O–H groups in total. The Labute approximate surface area is 154 Å². The lowest BCUT2D eigenvalue weighted by molar-refractivity contribution is -0.129. The van der Waals surface area contributed by atoms with Crippen LogP contribution in [0, 0.1) is 18.8 Å². The molecule has 0 bridgehead atoms. The Balaban J connectivity index is 1.69. The van der Waals surface area contributed by atoms with Gasteiger partial charge in [-0.2, -0.15) is 0 Å². The number of amides is 2.